The first-order chi connectivity index (χ1) is 13.8. The zero-order valence-corrected chi connectivity index (χ0v) is 15.9. The smallest absolute Gasteiger partial charge is 0.321 e. The zero-order valence-electron chi connectivity index (χ0n) is 15.9. The average Bonchev–Trinajstić information content (AvgIpc) is 2.73. The van der Waals surface area contributed by atoms with E-state index in [1.165, 1.54) is 6.07 Å². The molecule has 1 aromatic heterocycles. The third-order valence-electron chi connectivity index (χ3n) is 5.13. The number of alkyl halides is 3. The molecule has 1 aromatic carbocycles. The van der Waals surface area contributed by atoms with Crippen LogP contribution < -0.4 is 20.1 Å². The molecule has 2 aromatic rings. The van der Waals surface area contributed by atoms with Crippen LogP contribution >= 0.6 is 0 Å². The van der Waals surface area contributed by atoms with Gasteiger partial charge in [0, 0.05) is 11.8 Å². The van der Waals surface area contributed by atoms with Gasteiger partial charge in [-0.05, 0) is 31.2 Å². The topological polar surface area (TPSA) is 74.7 Å². The fourth-order valence-corrected chi connectivity index (χ4v) is 3.36. The lowest BCUT2D eigenvalue weighted by molar-refractivity contribution is -0.914. The minimum absolute atomic E-state index is 0.135. The summed E-state index contributed by atoms with van der Waals surface area (Å²) >= 11 is 0. The number of aromatic nitrogens is 1. The van der Waals surface area contributed by atoms with Gasteiger partial charge in [-0.15, -0.1) is 0 Å². The summed E-state index contributed by atoms with van der Waals surface area (Å²) in [7, 11) is 0. The van der Waals surface area contributed by atoms with Crippen LogP contribution in [0.25, 0.3) is 0 Å². The second-order valence-electron chi connectivity index (χ2n) is 7.01. The Balaban J connectivity index is 1.55. The van der Waals surface area contributed by atoms with Gasteiger partial charge in [0.2, 0.25) is 0 Å². The van der Waals surface area contributed by atoms with Crippen molar-refractivity contribution in [3.05, 3.63) is 53.7 Å². The number of carbonyl (C=O) groups excluding carboxylic acids is 1. The van der Waals surface area contributed by atoms with Crippen LogP contribution in [0.15, 0.2) is 42.6 Å². The molecule has 2 heterocycles. The molecule has 0 radical (unpaired) electrons. The minimum atomic E-state index is -4.37. The molecule has 1 aliphatic rings. The van der Waals surface area contributed by atoms with Gasteiger partial charge in [0.25, 0.3) is 11.7 Å². The third-order valence-corrected chi connectivity index (χ3v) is 5.13. The number of nitrogens with one attached hydrogen (secondary N) is 3. The van der Waals surface area contributed by atoms with E-state index in [0.717, 1.165) is 17.2 Å². The highest BCUT2D eigenvalue weighted by atomic mass is 19.4. The number of rotatable bonds is 4. The van der Waals surface area contributed by atoms with E-state index in [-0.39, 0.29) is 11.9 Å². The van der Waals surface area contributed by atoms with E-state index in [1.807, 2.05) is 17.9 Å². The molecule has 1 saturated heterocycles. The molecule has 1 atom stereocenters. The molecular formula is C20H22F3N5O+2. The molecular weight excluding hydrogens is 383 g/mol. The fourth-order valence-electron chi connectivity index (χ4n) is 3.36. The molecule has 0 bridgehead atoms. The highest BCUT2D eigenvalue weighted by molar-refractivity contribution is 5.93. The number of hydrogen-bond acceptors (Lipinski definition) is 3. The van der Waals surface area contributed by atoms with Crippen LogP contribution in [0.2, 0.25) is 0 Å². The summed E-state index contributed by atoms with van der Waals surface area (Å²) < 4.78 is 38.1. The van der Waals surface area contributed by atoms with Crippen molar-refractivity contribution in [3.63, 3.8) is 0 Å². The molecule has 3 N–H and O–H groups in total. The van der Waals surface area contributed by atoms with Crippen LogP contribution in [-0.4, -0.2) is 38.1 Å². The summed E-state index contributed by atoms with van der Waals surface area (Å²) in [5.74, 6) is 0.493. The molecule has 0 aliphatic carbocycles. The van der Waals surface area contributed by atoms with Crippen LogP contribution in [0.1, 0.15) is 18.1 Å². The first-order valence-electron chi connectivity index (χ1n) is 9.27. The molecule has 0 saturated carbocycles. The first kappa shape index (κ1) is 20.6. The van der Waals surface area contributed by atoms with E-state index in [2.05, 4.69) is 10.3 Å². The lowest BCUT2D eigenvalue weighted by Crippen LogP contribution is -3.19. The molecule has 3 rings (SSSR count). The van der Waals surface area contributed by atoms with E-state index >= 15 is 0 Å². The van der Waals surface area contributed by atoms with Crippen molar-refractivity contribution in [2.45, 2.75) is 19.1 Å². The van der Waals surface area contributed by atoms with Gasteiger partial charge in [-0.2, -0.15) is 18.4 Å². The summed E-state index contributed by atoms with van der Waals surface area (Å²) in [5, 5.41) is 11.8. The molecule has 0 spiro atoms. The Morgan fingerprint density at radius 1 is 1.28 bits per heavy atom. The molecule has 152 valence electrons. The number of pyridine rings is 1. The number of hydrogen-bond donors (Lipinski definition) is 2. The van der Waals surface area contributed by atoms with E-state index in [4.69, 9.17) is 5.26 Å². The van der Waals surface area contributed by atoms with Crippen molar-refractivity contribution in [2.75, 3.05) is 36.4 Å². The second-order valence-corrected chi connectivity index (χ2v) is 7.01. The number of H-pyrrole nitrogens is 1. The Morgan fingerprint density at radius 2 is 2.00 bits per heavy atom. The summed E-state index contributed by atoms with van der Waals surface area (Å²) in [4.78, 5) is 18.3. The Morgan fingerprint density at radius 3 is 2.59 bits per heavy atom. The van der Waals surface area contributed by atoms with Crippen molar-refractivity contribution in [2.24, 2.45) is 0 Å². The number of nitrogens with zero attached hydrogens (tertiary/aromatic N) is 2. The molecule has 1 fully saturated rings. The number of anilines is 2. The van der Waals surface area contributed by atoms with Gasteiger partial charge in [-0.1, -0.05) is 6.07 Å². The first-order valence-corrected chi connectivity index (χ1v) is 9.27. The maximum absolute atomic E-state index is 12.7. The molecule has 0 unspecified atom stereocenters. The average molecular weight is 405 g/mol. The number of carbonyl (C=O) groups is 1. The van der Waals surface area contributed by atoms with Crippen molar-refractivity contribution in [1.82, 2.24) is 0 Å². The summed E-state index contributed by atoms with van der Waals surface area (Å²) in [6.45, 7) is 4.46. The Hall–Kier alpha value is -3.12. The van der Waals surface area contributed by atoms with Crippen molar-refractivity contribution < 1.29 is 27.8 Å². The van der Waals surface area contributed by atoms with Crippen LogP contribution in [0.4, 0.5) is 24.7 Å². The maximum Gasteiger partial charge on any atom is 0.419 e. The van der Waals surface area contributed by atoms with E-state index in [0.29, 0.717) is 43.2 Å². The van der Waals surface area contributed by atoms with Gasteiger partial charge in [0.15, 0.2) is 6.04 Å². The van der Waals surface area contributed by atoms with Crippen molar-refractivity contribution in [3.8, 4) is 6.07 Å². The number of benzene rings is 1. The Labute approximate surface area is 166 Å². The maximum atomic E-state index is 12.7. The summed E-state index contributed by atoms with van der Waals surface area (Å²) in [6, 6.07) is 11.0. The normalized spacial score (nSPS) is 16.2. The lowest BCUT2D eigenvalue weighted by atomic mass is 10.2. The quantitative estimate of drug-likeness (QED) is 0.801. The van der Waals surface area contributed by atoms with Gasteiger partial charge in [-0.25, -0.2) is 4.98 Å². The standard InChI is InChI=1S/C20H20F3N5O/c1-14(19(29)26-17-4-2-3-15(11-17)12-24)27-7-9-28(10-8-27)18-6-5-16(13-25-18)20(21,22)23/h2-6,11,13-14H,7-10H2,1H3,(H,26,29)/p+2/t14-/m0/s1. The molecule has 6 nitrogen and oxygen atoms in total. The molecule has 1 amide bonds. The fraction of sp³-hybridized carbons (Fsp3) is 0.350. The van der Waals surface area contributed by atoms with Crippen LogP contribution in [0.3, 0.4) is 0 Å². The second kappa shape index (κ2) is 8.49. The number of quaternary nitrogens is 1. The lowest BCUT2D eigenvalue weighted by Gasteiger charge is -2.31. The van der Waals surface area contributed by atoms with Crippen LogP contribution in [0.5, 0.6) is 0 Å². The van der Waals surface area contributed by atoms with Gasteiger partial charge in [0.1, 0.15) is 32.4 Å². The van der Waals surface area contributed by atoms with Gasteiger partial charge in [0.05, 0.1) is 17.2 Å². The number of piperazine rings is 1. The minimum Gasteiger partial charge on any atom is -0.321 e. The van der Waals surface area contributed by atoms with Gasteiger partial charge in [-0.3, -0.25) is 9.69 Å². The predicted octanol–water partition coefficient (Wildman–Crippen LogP) is 1.12. The van der Waals surface area contributed by atoms with Crippen molar-refractivity contribution >= 4 is 17.4 Å². The van der Waals surface area contributed by atoms with E-state index in [9.17, 15) is 18.0 Å². The SMILES string of the molecule is C[C@@H](C(=O)Nc1cccc(C#N)c1)[NH+]1CCN(c2ccc(C(F)(F)F)c[nH+]2)CC1. The highest BCUT2D eigenvalue weighted by Gasteiger charge is 2.34. The zero-order chi connectivity index (χ0) is 21.0. The molecule has 1 aliphatic heterocycles. The van der Waals surface area contributed by atoms with Gasteiger partial charge < -0.3 is 10.2 Å². The number of nitriles is 1. The largest absolute Gasteiger partial charge is 0.419 e. The summed E-state index contributed by atoms with van der Waals surface area (Å²) in [5.41, 5.74) is 0.346. The van der Waals surface area contributed by atoms with Gasteiger partial charge >= 0.3 is 6.18 Å². The van der Waals surface area contributed by atoms with E-state index in [1.54, 1.807) is 24.3 Å². The molecule has 29 heavy (non-hydrogen) atoms. The summed E-state index contributed by atoms with van der Waals surface area (Å²) in [6.07, 6.45) is -3.40. The van der Waals surface area contributed by atoms with Crippen LogP contribution in [0, 0.1) is 11.3 Å². The molecule has 9 heteroatoms. The van der Waals surface area contributed by atoms with Crippen LogP contribution in [-0.2, 0) is 11.0 Å². The Bertz CT molecular complexity index is 900. The third kappa shape index (κ3) is 5.03. The van der Waals surface area contributed by atoms with Crippen molar-refractivity contribution in [1.29, 1.82) is 5.26 Å². The predicted molar refractivity (Wildman–Crippen MR) is 100 cm³/mol. The highest BCUT2D eigenvalue weighted by Crippen LogP contribution is 2.28. The number of aromatic amines is 1. The Kier molecular flexibility index (Phi) is 6.03. The van der Waals surface area contributed by atoms with E-state index < -0.39 is 11.7 Å². The number of halogens is 3. The monoisotopic (exact) mass is 405 g/mol. The number of amides is 1.